The third kappa shape index (κ3) is 3.44. The average molecular weight is 393 g/mol. The van der Waals surface area contributed by atoms with Crippen molar-refractivity contribution in [1.82, 2.24) is 0 Å². The molecule has 1 atom stereocenters. The van der Waals surface area contributed by atoms with Crippen molar-refractivity contribution < 1.29 is 27.4 Å². The number of amides is 1. The van der Waals surface area contributed by atoms with Gasteiger partial charge in [-0.05, 0) is 54.8 Å². The molecule has 0 saturated heterocycles. The minimum absolute atomic E-state index is 0.0149. The van der Waals surface area contributed by atoms with Gasteiger partial charge in [-0.25, -0.2) is 4.39 Å². The van der Waals surface area contributed by atoms with Crippen LogP contribution in [0.1, 0.15) is 12.0 Å². The molecule has 1 aliphatic carbocycles. The quantitative estimate of drug-likeness (QED) is 0.758. The number of anilines is 1. The van der Waals surface area contributed by atoms with Crippen LogP contribution < -0.4 is 14.8 Å². The molecule has 4 rings (SSSR count). The van der Waals surface area contributed by atoms with E-state index in [9.17, 15) is 18.0 Å². The lowest BCUT2D eigenvalue weighted by Gasteiger charge is -2.14. The Kier molecular flexibility index (Phi) is 4.22. The van der Waals surface area contributed by atoms with Crippen LogP contribution in [-0.4, -0.2) is 12.2 Å². The zero-order chi connectivity index (χ0) is 19.2. The second-order valence-corrected chi connectivity index (χ2v) is 7.29. The summed E-state index contributed by atoms with van der Waals surface area (Å²) in [7, 11) is 0. The third-order valence-corrected chi connectivity index (χ3v) is 5.31. The highest BCUT2D eigenvalue weighted by Crippen LogP contribution is 2.45. The smallest absolute Gasteiger partial charge is 0.395 e. The Morgan fingerprint density at radius 2 is 2.00 bits per heavy atom. The highest BCUT2D eigenvalue weighted by atomic mass is 32.1. The summed E-state index contributed by atoms with van der Waals surface area (Å²) in [5, 5.41) is 3.25. The van der Waals surface area contributed by atoms with Crippen LogP contribution in [0, 0.1) is 12.8 Å². The first-order valence-electron chi connectivity index (χ1n) is 8.16. The molecule has 1 aromatic carbocycles. The fraction of sp³-hybridized carbons (Fsp3) is 0.211. The zero-order valence-corrected chi connectivity index (χ0v) is 14.9. The molecular formula is C19H14F3NO3S. The van der Waals surface area contributed by atoms with Crippen LogP contribution in [0.5, 0.6) is 11.5 Å². The summed E-state index contributed by atoms with van der Waals surface area (Å²) in [6.45, 7) is 1.77. The molecule has 0 radical (unpaired) electrons. The molecule has 1 amide bonds. The lowest BCUT2D eigenvalue weighted by Crippen LogP contribution is -2.25. The van der Waals surface area contributed by atoms with E-state index in [1.54, 1.807) is 31.2 Å². The largest absolute Gasteiger partial charge is 0.586 e. The van der Waals surface area contributed by atoms with Gasteiger partial charge in [0.1, 0.15) is 5.83 Å². The van der Waals surface area contributed by atoms with Crippen molar-refractivity contribution in [3.8, 4) is 21.9 Å². The first kappa shape index (κ1) is 17.7. The Labute approximate surface area is 156 Å². The van der Waals surface area contributed by atoms with Gasteiger partial charge in [-0.15, -0.1) is 20.1 Å². The van der Waals surface area contributed by atoms with Crippen LogP contribution in [0.2, 0.25) is 0 Å². The van der Waals surface area contributed by atoms with Gasteiger partial charge in [-0.3, -0.25) is 4.79 Å². The van der Waals surface area contributed by atoms with E-state index < -0.39 is 23.9 Å². The predicted octanol–water partition coefficient (Wildman–Crippen LogP) is 5.41. The van der Waals surface area contributed by atoms with Crippen molar-refractivity contribution in [3.05, 3.63) is 53.9 Å². The molecule has 0 fully saturated rings. The molecule has 1 aromatic heterocycles. The second kappa shape index (κ2) is 6.45. The molecule has 2 heterocycles. The molecule has 0 spiro atoms. The highest BCUT2D eigenvalue weighted by molar-refractivity contribution is 7.19. The number of benzene rings is 1. The maximum absolute atomic E-state index is 13.8. The number of allylic oxidation sites excluding steroid dienone is 3. The number of alkyl halides is 2. The molecule has 2 aliphatic rings. The van der Waals surface area contributed by atoms with Crippen LogP contribution in [0.25, 0.3) is 10.4 Å². The Hall–Kier alpha value is -2.74. The number of aryl methyl sites for hydroxylation is 1. The number of hydrogen-bond acceptors (Lipinski definition) is 4. The summed E-state index contributed by atoms with van der Waals surface area (Å²) in [5.74, 6) is -1.79. The molecule has 1 N–H and O–H groups in total. The maximum Gasteiger partial charge on any atom is 0.586 e. The summed E-state index contributed by atoms with van der Waals surface area (Å²) in [4.78, 5) is 13.0. The van der Waals surface area contributed by atoms with E-state index in [2.05, 4.69) is 14.8 Å². The van der Waals surface area contributed by atoms with Gasteiger partial charge < -0.3 is 14.8 Å². The van der Waals surface area contributed by atoms with Gasteiger partial charge in [0.15, 0.2) is 11.5 Å². The summed E-state index contributed by atoms with van der Waals surface area (Å²) in [6.07, 6.45) is 1.22. The van der Waals surface area contributed by atoms with Crippen LogP contribution in [-0.2, 0) is 4.79 Å². The number of ether oxygens (including phenoxy) is 2. The van der Waals surface area contributed by atoms with E-state index in [-0.39, 0.29) is 11.5 Å². The molecule has 0 saturated carbocycles. The molecule has 1 unspecified atom stereocenters. The molecule has 0 bridgehead atoms. The minimum atomic E-state index is -3.67. The average Bonchev–Trinajstić information content (AvgIpc) is 3.16. The Bertz CT molecular complexity index is 981. The van der Waals surface area contributed by atoms with Crippen LogP contribution in [0.3, 0.4) is 0 Å². The zero-order valence-electron chi connectivity index (χ0n) is 14.1. The Morgan fingerprint density at radius 3 is 2.74 bits per heavy atom. The van der Waals surface area contributed by atoms with Gasteiger partial charge in [-0.1, -0.05) is 12.2 Å². The van der Waals surface area contributed by atoms with E-state index in [4.69, 9.17) is 0 Å². The van der Waals surface area contributed by atoms with Crippen LogP contribution in [0.4, 0.5) is 18.2 Å². The van der Waals surface area contributed by atoms with Crippen molar-refractivity contribution in [1.29, 1.82) is 0 Å². The fourth-order valence-electron chi connectivity index (χ4n) is 2.96. The number of carbonyl (C=O) groups is 1. The van der Waals surface area contributed by atoms with E-state index in [1.165, 1.54) is 29.5 Å². The molecular weight excluding hydrogens is 379 g/mol. The van der Waals surface area contributed by atoms with E-state index in [1.807, 2.05) is 0 Å². The Balaban J connectivity index is 1.54. The number of thiophene rings is 1. The van der Waals surface area contributed by atoms with Gasteiger partial charge in [0, 0.05) is 4.88 Å². The molecule has 2 aromatic rings. The SMILES string of the molecule is Cc1cc2c(cc1-c1ccc(NC(=O)C3CC=CC=C3F)s1)OC(F)(F)O2. The van der Waals surface area contributed by atoms with E-state index in [0.717, 1.165) is 10.4 Å². The number of fused-ring (bicyclic) bond motifs is 1. The maximum atomic E-state index is 13.8. The van der Waals surface area contributed by atoms with Crippen molar-refractivity contribution in [3.63, 3.8) is 0 Å². The van der Waals surface area contributed by atoms with Gasteiger partial charge in [-0.2, -0.15) is 0 Å². The molecule has 8 heteroatoms. The van der Waals surface area contributed by atoms with Crippen molar-refractivity contribution >= 4 is 22.2 Å². The monoisotopic (exact) mass is 393 g/mol. The van der Waals surface area contributed by atoms with Crippen molar-refractivity contribution in [2.24, 2.45) is 5.92 Å². The standard InChI is InChI=1S/C19H14F3NO3S/c1-10-8-14-15(26-19(21,22)25-14)9-12(10)16-6-7-17(27-16)23-18(24)11-4-2-3-5-13(11)20/h2-3,5-9,11H,4H2,1H3,(H,23,24). The Morgan fingerprint density at radius 1 is 1.26 bits per heavy atom. The lowest BCUT2D eigenvalue weighted by atomic mass is 9.99. The lowest BCUT2D eigenvalue weighted by molar-refractivity contribution is -0.286. The van der Waals surface area contributed by atoms with Gasteiger partial charge in [0.25, 0.3) is 0 Å². The van der Waals surface area contributed by atoms with Gasteiger partial charge in [0.05, 0.1) is 10.9 Å². The van der Waals surface area contributed by atoms with Crippen molar-refractivity contribution in [2.45, 2.75) is 19.6 Å². The number of nitrogens with one attached hydrogen (secondary N) is 1. The number of carbonyl (C=O) groups excluding carboxylic acids is 1. The topological polar surface area (TPSA) is 47.6 Å². The summed E-state index contributed by atoms with van der Waals surface area (Å²) in [5.41, 5.74) is 1.41. The molecule has 4 nitrogen and oxygen atoms in total. The molecule has 1 aliphatic heterocycles. The fourth-order valence-corrected chi connectivity index (χ4v) is 3.95. The normalized spacial score (nSPS) is 19.7. The van der Waals surface area contributed by atoms with Crippen LogP contribution in [0.15, 0.2) is 48.3 Å². The van der Waals surface area contributed by atoms with E-state index in [0.29, 0.717) is 17.0 Å². The molecule has 27 heavy (non-hydrogen) atoms. The second-order valence-electron chi connectivity index (χ2n) is 6.20. The number of halogens is 3. The molecule has 140 valence electrons. The first-order valence-corrected chi connectivity index (χ1v) is 8.98. The summed E-state index contributed by atoms with van der Waals surface area (Å²) < 4.78 is 49.2. The van der Waals surface area contributed by atoms with Gasteiger partial charge in [0.2, 0.25) is 5.91 Å². The third-order valence-electron chi connectivity index (χ3n) is 4.28. The number of rotatable bonds is 3. The van der Waals surface area contributed by atoms with Crippen molar-refractivity contribution in [2.75, 3.05) is 5.32 Å². The van der Waals surface area contributed by atoms with E-state index >= 15 is 0 Å². The summed E-state index contributed by atoms with van der Waals surface area (Å²) >= 11 is 1.26. The summed E-state index contributed by atoms with van der Waals surface area (Å²) in [6, 6.07) is 6.42. The van der Waals surface area contributed by atoms with Crippen LogP contribution >= 0.6 is 11.3 Å². The minimum Gasteiger partial charge on any atom is -0.395 e. The highest BCUT2D eigenvalue weighted by Gasteiger charge is 2.43. The predicted molar refractivity (Wildman–Crippen MR) is 95.8 cm³/mol. The first-order chi connectivity index (χ1) is 12.8. The number of hydrogen-bond donors (Lipinski definition) is 1. The van der Waals surface area contributed by atoms with Gasteiger partial charge >= 0.3 is 6.29 Å².